The average molecular weight is 622 g/mol. The van der Waals surface area contributed by atoms with Crippen LogP contribution in [0.15, 0.2) is 41.8 Å². The van der Waals surface area contributed by atoms with E-state index >= 15 is 8.78 Å². The van der Waals surface area contributed by atoms with E-state index in [1.54, 1.807) is 6.92 Å². The quantitative estimate of drug-likeness (QED) is 0.279. The van der Waals surface area contributed by atoms with Gasteiger partial charge in [0, 0.05) is 27.9 Å². The molecule has 1 amide bonds. The molecule has 0 radical (unpaired) electrons. The molecule has 0 saturated carbocycles. The van der Waals surface area contributed by atoms with Gasteiger partial charge in [0.1, 0.15) is 17.0 Å². The number of aromatic nitrogens is 1. The number of carbonyl (C=O) groups is 2. The highest BCUT2D eigenvalue weighted by Crippen LogP contribution is 2.52. The maximum atomic E-state index is 15.7. The summed E-state index contributed by atoms with van der Waals surface area (Å²) in [6.45, 7) is 7.66. The minimum absolute atomic E-state index is 0.0178. The van der Waals surface area contributed by atoms with Gasteiger partial charge in [-0.15, -0.1) is 11.3 Å². The van der Waals surface area contributed by atoms with Crippen molar-refractivity contribution in [2.75, 3.05) is 11.9 Å². The van der Waals surface area contributed by atoms with Gasteiger partial charge in [0.25, 0.3) is 0 Å². The van der Waals surface area contributed by atoms with Gasteiger partial charge in [-0.2, -0.15) is 5.26 Å². The van der Waals surface area contributed by atoms with Gasteiger partial charge in [-0.25, -0.2) is 18.6 Å². The van der Waals surface area contributed by atoms with Crippen LogP contribution in [0.5, 0.6) is 0 Å². The van der Waals surface area contributed by atoms with Gasteiger partial charge in [-0.3, -0.25) is 4.79 Å². The van der Waals surface area contributed by atoms with Crippen molar-refractivity contribution in [1.82, 2.24) is 10.3 Å². The molecule has 2 unspecified atom stereocenters. The number of rotatable bonds is 7. The van der Waals surface area contributed by atoms with Gasteiger partial charge in [0.2, 0.25) is 5.91 Å². The minimum atomic E-state index is -1.76. The molecule has 7 nitrogen and oxygen atoms in total. The van der Waals surface area contributed by atoms with Gasteiger partial charge in [-0.1, -0.05) is 62.2 Å². The molecule has 2 heterocycles. The van der Waals surface area contributed by atoms with E-state index in [0.717, 1.165) is 17.4 Å². The van der Waals surface area contributed by atoms with E-state index in [4.69, 9.17) is 27.9 Å². The standard InChI is InChI=1S/C29H28Cl2F2N4O3S/c1-5-40-26(39)20-13-41-27(35-20)37-25(38)24-22(16-7-6-8-18(31)23(16)33)29(14-34,21(36-24)12-28(2,3)4)17-10-9-15(30)11-19(17)32/h6-11,13,21-22,24,36H,5,12H2,1-4H3,(H,35,37,38)/t21?,22?,24-,29+/m1/s1. The molecule has 1 aliphatic heterocycles. The predicted octanol–water partition coefficient (Wildman–Crippen LogP) is 6.87. The van der Waals surface area contributed by atoms with Crippen molar-refractivity contribution >= 4 is 51.5 Å². The fourth-order valence-electron chi connectivity index (χ4n) is 5.37. The van der Waals surface area contributed by atoms with Crippen molar-refractivity contribution in [2.24, 2.45) is 5.41 Å². The Morgan fingerprint density at radius 2 is 1.98 bits per heavy atom. The Kier molecular flexibility index (Phi) is 9.04. The lowest BCUT2D eigenvalue weighted by atomic mass is 9.62. The number of ether oxygens (including phenoxy) is 1. The van der Waals surface area contributed by atoms with Crippen molar-refractivity contribution in [3.8, 4) is 6.07 Å². The van der Waals surface area contributed by atoms with Crippen molar-refractivity contribution in [3.63, 3.8) is 0 Å². The summed E-state index contributed by atoms with van der Waals surface area (Å²) in [4.78, 5) is 30.1. The molecule has 0 spiro atoms. The number of esters is 1. The lowest BCUT2D eigenvalue weighted by molar-refractivity contribution is -0.118. The molecule has 2 aromatic carbocycles. The monoisotopic (exact) mass is 620 g/mol. The first-order chi connectivity index (χ1) is 19.3. The number of hydrogen-bond donors (Lipinski definition) is 2. The van der Waals surface area contributed by atoms with Gasteiger partial charge < -0.3 is 15.4 Å². The summed E-state index contributed by atoms with van der Waals surface area (Å²) >= 11 is 13.2. The Morgan fingerprint density at radius 3 is 2.61 bits per heavy atom. The minimum Gasteiger partial charge on any atom is -0.461 e. The molecule has 1 aromatic heterocycles. The summed E-state index contributed by atoms with van der Waals surface area (Å²) in [5, 5.41) is 18.3. The zero-order valence-electron chi connectivity index (χ0n) is 22.7. The molecule has 1 fully saturated rings. The smallest absolute Gasteiger partial charge is 0.357 e. The van der Waals surface area contributed by atoms with Crippen LogP contribution in [0.2, 0.25) is 10.0 Å². The first kappa shape index (κ1) is 30.8. The molecule has 0 aliphatic carbocycles. The van der Waals surface area contributed by atoms with E-state index in [0.29, 0.717) is 6.42 Å². The second-order valence-electron chi connectivity index (χ2n) is 10.9. The van der Waals surface area contributed by atoms with Crippen LogP contribution in [0.4, 0.5) is 13.9 Å². The SMILES string of the molecule is CCOC(=O)c1csc(NC(=O)[C@@H]2NC(CC(C)(C)C)[C@](C#N)(c3ccc(Cl)cc3F)C2c2cccc(Cl)c2F)n1. The Balaban J connectivity index is 1.89. The van der Waals surface area contributed by atoms with E-state index in [-0.39, 0.29) is 44.0 Å². The third kappa shape index (κ3) is 6.09. The Morgan fingerprint density at radius 1 is 1.24 bits per heavy atom. The van der Waals surface area contributed by atoms with Crippen molar-refractivity contribution in [1.29, 1.82) is 5.26 Å². The third-order valence-corrected chi connectivity index (χ3v) is 8.24. The van der Waals surface area contributed by atoms with E-state index in [2.05, 4.69) is 21.7 Å². The second-order valence-corrected chi connectivity index (χ2v) is 12.6. The summed E-state index contributed by atoms with van der Waals surface area (Å²) in [5.41, 5.74) is -2.17. The zero-order valence-corrected chi connectivity index (χ0v) is 25.1. The lowest BCUT2D eigenvalue weighted by Crippen LogP contribution is -2.45. The molecule has 4 atom stereocenters. The topological polar surface area (TPSA) is 104 Å². The van der Waals surface area contributed by atoms with Crippen molar-refractivity contribution < 1.29 is 23.1 Å². The normalized spacial score (nSPS) is 22.3. The number of anilines is 1. The summed E-state index contributed by atoms with van der Waals surface area (Å²) < 4.78 is 36.4. The zero-order chi connectivity index (χ0) is 30.1. The van der Waals surface area contributed by atoms with Crippen LogP contribution in [-0.2, 0) is 14.9 Å². The van der Waals surface area contributed by atoms with E-state index in [1.165, 1.54) is 35.7 Å². The number of nitrogens with one attached hydrogen (secondary N) is 2. The molecular weight excluding hydrogens is 593 g/mol. The molecule has 1 saturated heterocycles. The molecule has 1 aliphatic rings. The number of nitriles is 1. The largest absolute Gasteiger partial charge is 0.461 e. The number of amides is 1. The fraction of sp³-hybridized carbons (Fsp3) is 0.379. The second kappa shape index (κ2) is 12.0. The maximum absolute atomic E-state index is 15.7. The number of thiazole rings is 1. The highest BCUT2D eigenvalue weighted by atomic mass is 35.5. The van der Waals surface area contributed by atoms with Gasteiger partial charge in [0.05, 0.1) is 23.7 Å². The molecular formula is C29H28Cl2F2N4O3S. The van der Waals surface area contributed by atoms with Crippen molar-refractivity contribution in [2.45, 2.75) is 57.5 Å². The molecule has 41 heavy (non-hydrogen) atoms. The first-order valence-electron chi connectivity index (χ1n) is 12.8. The summed E-state index contributed by atoms with van der Waals surface area (Å²) in [7, 11) is 0. The number of carbonyl (C=O) groups excluding carboxylic acids is 2. The number of hydrogen-bond acceptors (Lipinski definition) is 7. The summed E-state index contributed by atoms with van der Waals surface area (Å²) in [5.74, 6) is -4.09. The molecule has 2 N–H and O–H groups in total. The third-order valence-electron chi connectivity index (χ3n) is 6.95. The van der Waals surface area contributed by atoms with E-state index in [1.807, 2.05) is 20.8 Å². The lowest BCUT2D eigenvalue weighted by Gasteiger charge is -2.37. The van der Waals surface area contributed by atoms with Crippen molar-refractivity contribution in [3.05, 3.63) is 80.3 Å². The van der Waals surface area contributed by atoms with E-state index in [9.17, 15) is 14.9 Å². The Bertz CT molecular complexity index is 1520. The van der Waals surface area contributed by atoms with Crippen LogP contribution in [-0.4, -0.2) is 35.6 Å². The van der Waals surface area contributed by atoms with Crippen LogP contribution >= 0.6 is 34.5 Å². The van der Waals surface area contributed by atoms with E-state index < -0.39 is 46.9 Å². The molecule has 0 bridgehead atoms. The highest BCUT2D eigenvalue weighted by molar-refractivity contribution is 7.14. The molecule has 4 rings (SSSR count). The fourth-order valence-corrected chi connectivity index (χ4v) is 6.39. The number of nitrogens with zero attached hydrogens (tertiary/aromatic N) is 2. The number of benzene rings is 2. The Labute approximate surface area is 250 Å². The van der Waals surface area contributed by atoms with Gasteiger partial charge >= 0.3 is 5.97 Å². The predicted molar refractivity (Wildman–Crippen MR) is 154 cm³/mol. The van der Waals surface area contributed by atoms with Crippen LogP contribution in [0.1, 0.15) is 61.6 Å². The molecule has 3 aromatic rings. The Hall–Kier alpha value is -3.10. The highest BCUT2D eigenvalue weighted by Gasteiger charge is 2.61. The average Bonchev–Trinajstić information content (AvgIpc) is 3.48. The van der Waals surface area contributed by atoms with Crippen LogP contribution in [0.25, 0.3) is 0 Å². The van der Waals surface area contributed by atoms with Crippen LogP contribution in [0.3, 0.4) is 0 Å². The first-order valence-corrected chi connectivity index (χ1v) is 14.5. The van der Waals surface area contributed by atoms with Crippen LogP contribution in [0, 0.1) is 28.4 Å². The van der Waals surface area contributed by atoms with Gasteiger partial charge in [0.15, 0.2) is 10.8 Å². The molecule has 12 heteroatoms. The van der Waals surface area contributed by atoms with Crippen LogP contribution < -0.4 is 10.6 Å². The maximum Gasteiger partial charge on any atom is 0.357 e. The van der Waals surface area contributed by atoms with Gasteiger partial charge in [-0.05, 0) is 42.5 Å². The number of halogens is 4. The molecule has 216 valence electrons. The summed E-state index contributed by atoms with van der Waals surface area (Å²) in [6, 6.07) is 8.54. The summed E-state index contributed by atoms with van der Waals surface area (Å²) in [6.07, 6.45) is 0.329.